The molecule has 1 heterocycles. The number of fused-ring (bicyclic) bond motifs is 1. The molecule has 0 saturated heterocycles. The van der Waals surface area contributed by atoms with Crippen molar-refractivity contribution in [3.8, 4) is 0 Å². The molecular weight excluding hydrogens is 274 g/mol. The fourth-order valence-electron chi connectivity index (χ4n) is 2.12. The molecule has 20 heavy (non-hydrogen) atoms. The van der Waals surface area contributed by atoms with Crippen molar-refractivity contribution in [3.63, 3.8) is 0 Å². The molecule has 0 unspecified atom stereocenters. The third-order valence-electron chi connectivity index (χ3n) is 3.14. The zero-order chi connectivity index (χ0) is 14.7. The average Bonchev–Trinajstić information content (AvgIpc) is 2.75. The van der Waals surface area contributed by atoms with Crippen LogP contribution in [0.4, 0.5) is 5.69 Å². The summed E-state index contributed by atoms with van der Waals surface area (Å²) in [7, 11) is 4.02. The second-order valence-electron chi connectivity index (χ2n) is 5.04. The quantitative estimate of drug-likeness (QED) is 0.916. The van der Waals surface area contributed by atoms with Crippen LogP contribution in [0.15, 0.2) is 23.0 Å². The highest BCUT2D eigenvalue weighted by Gasteiger charge is 2.13. The molecule has 6 heteroatoms. The lowest BCUT2D eigenvalue weighted by Crippen LogP contribution is -2.31. The lowest BCUT2D eigenvalue weighted by atomic mass is 10.2. The first-order chi connectivity index (χ1) is 9.49. The Bertz CT molecular complexity index is 660. The largest absolute Gasteiger partial charge is 0.313 e. The van der Waals surface area contributed by atoms with Gasteiger partial charge in [0, 0.05) is 19.2 Å². The maximum Gasteiger partial charge on any atom is 0.265 e. The average molecular weight is 293 g/mol. The second kappa shape index (κ2) is 6.19. The maximum atomic E-state index is 11.8. The van der Waals surface area contributed by atoms with Crippen LogP contribution in [-0.2, 0) is 4.79 Å². The normalized spacial score (nSPS) is 11.2. The van der Waals surface area contributed by atoms with Gasteiger partial charge in [0.25, 0.3) is 5.56 Å². The van der Waals surface area contributed by atoms with Gasteiger partial charge in [-0.3, -0.25) is 14.0 Å². The Morgan fingerprint density at radius 3 is 2.70 bits per heavy atom. The summed E-state index contributed by atoms with van der Waals surface area (Å²) in [6, 6.07) is 5.57. The molecule has 2 rings (SSSR count). The number of H-pyrrole nitrogens is 1. The molecule has 1 N–H and O–H groups in total. The van der Waals surface area contributed by atoms with Gasteiger partial charge in [0.1, 0.15) is 0 Å². The minimum Gasteiger partial charge on any atom is -0.313 e. The van der Waals surface area contributed by atoms with Crippen molar-refractivity contribution in [3.05, 3.63) is 28.6 Å². The highest BCUT2D eigenvalue weighted by atomic mass is 32.1. The summed E-state index contributed by atoms with van der Waals surface area (Å²) in [6.07, 6.45) is 0.893. The van der Waals surface area contributed by atoms with Gasteiger partial charge in [0.15, 0.2) is 0 Å². The third-order valence-corrected chi connectivity index (χ3v) is 4.00. The second-order valence-corrected chi connectivity index (χ2v) is 5.89. The maximum absolute atomic E-state index is 11.8. The molecule has 2 aromatic rings. The number of carbonyl (C=O) groups excluding carboxylic acids is 1. The Morgan fingerprint density at radius 2 is 2.05 bits per heavy atom. The number of hydrogen-bond donors (Lipinski definition) is 1. The van der Waals surface area contributed by atoms with E-state index in [0.717, 1.165) is 23.4 Å². The highest BCUT2D eigenvalue weighted by molar-refractivity contribution is 7.13. The van der Waals surface area contributed by atoms with Gasteiger partial charge >= 0.3 is 0 Å². The van der Waals surface area contributed by atoms with Gasteiger partial charge in [-0.25, -0.2) is 0 Å². The molecule has 0 bridgehead atoms. The lowest BCUT2D eigenvalue weighted by Gasteiger charge is -2.22. The van der Waals surface area contributed by atoms with Crippen LogP contribution in [0.3, 0.4) is 0 Å². The molecule has 1 aromatic carbocycles. The molecule has 108 valence electrons. The molecule has 0 atom stereocenters. The summed E-state index contributed by atoms with van der Waals surface area (Å²) < 4.78 is 3.62. The van der Waals surface area contributed by atoms with Crippen LogP contribution in [-0.4, -0.2) is 42.4 Å². The summed E-state index contributed by atoms with van der Waals surface area (Å²) in [4.78, 5) is 27.3. The van der Waals surface area contributed by atoms with Crippen molar-refractivity contribution in [2.45, 2.75) is 13.3 Å². The van der Waals surface area contributed by atoms with Gasteiger partial charge in [0.2, 0.25) is 5.91 Å². The number of aromatic amines is 1. The van der Waals surface area contributed by atoms with Gasteiger partial charge in [-0.2, -0.15) is 0 Å². The van der Waals surface area contributed by atoms with Crippen LogP contribution >= 0.6 is 11.5 Å². The van der Waals surface area contributed by atoms with E-state index in [4.69, 9.17) is 0 Å². The summed E-state index contributed by atoms with van der Waals surface area (Å²) >= 11 is 1.32. The van der Waals surface area contributed by atoms with Gasteiger partial charge in [0.05, 0.1) is 10.1 Å². The van der Waals surface area contributed by atoms with Crippen LogP contribution in [0.25, 0.3) is 10.1 Å². The number of rotatable bonds is 5. The minimum absolute atomic E-state index is 0.00485. The summed E-state index contributed by atoms with van der Waals surface area (Å²) in [5.74, 6) is -0.00485. The molecule has 0 aliphatic carbocycles. The van der Waals surface area contributed by atoms with E-state index in [1.54, 1.807) is 17.9 Å². The SMILES string of the molecule is CC(=O)N(CCCN(C)C)c1ccc2s[nH]c(=O)c2c1. The molecule has 0 saturated carbocycles. The number of benzene rings is 1. The molecule has 0 radical (unpaired) electrons. The van der Waals surface area contributed by atoms with Crippen molar-refractivity contribution in [1.29, 1.82) is 0 Å². The molecular formula is C14H19N3O2S. The van der Waals surface area contributed by atoms with Crippen LogP contribution in [0.1, 0.15) is 13.3 Å². The van der Waals surface area contributed by atoms with Gasteiger partial charge in [-0.15, -0.1) is 0 Å². The topological polar surface area (TPSA) is 56.4 Å². The van der Waals surface area contributed by atoms with E-state index in [2.05, 4.69) is 9.27 Å². The lowest BCUT2D eigenvalue weighted by molar-refractivity contribution is -0.116. The van der Waals surface area contributed by atoms with Crippen molar-refractivity contribution in [1.82, 2.24) is 9.27 Å². The smallest absolute Gasteiger partial charge is 0.265 e. The first kappa shape index (κ1) is 14.7. The number of nitrogens with one attached hydrogen (secondary N) is 1. The van der Waals surface area contributed by atoms with E-state index in [1.807, 2.05) is 26.2 Å². The van der Waals surface area contributed by atoms with Gasteiger partial charge in [-0.05, 0) is 45.3 Å². The Labute approximate surface area is 122 Å². The van der Waals surface area contributed by atoms with E-state index in [9.17, 15) is 9.59 Å². The van der Waals surface area contributed by atoms with Crippen LogP contribution in [0.5, 0.6) is 0 Å². The van der Waals surface area contributed by atoms with E-state index in [0.29, 0.717) is 11.9 Å². The summed E-state index contributed by atoms with van der Waals surface area (Å²) in [6.45, 7) is 3.13. The summed E-state index contributed by atoms with van der Waals surface area (Å²) in [5.41, 5.74) is 0.691. The summed E-state index contributed by atoms with van der Waals surface area (Å²) in [5, 5.41) is 0.645. The number of hydrogen-bond acceptors (Lipinski definition) is 4. The molecule has 1 aromatic heterocycles. The van der Waals surface area contributed by atoms with Gasteiger partial charge in [-0.1, -0.05) is 11.5 Å². The van der Waals surface area contributed by atoms with E-state index in [1.165, 1.54) is 11.5 Å². The monoisotopic (exact) mass is 293 g/mol. The predicted octanol–water partition coefficient (Wildman–Crippen LogP) is 1.89. The highest BCUT2D eigenvalue weighted by Crippen LogP contribution is 2.22. The van der Waals surface area contributed by atoms with Gasteiger partial charge < -0.3 is 9.80 Å². The van der Waals surface area contributed by atoms with Crippen molar-refractivity contribution in [2.75, 3.05) is 32.1 Å². The number of carbonyl (C=O) groups is 1. The third kappa shape index (κ3) is 3.26. The van der Waals surface area contributed by atoms with Crippen molar-refractivity contribution in [2.24, 2.45) is 0 Å². The zero-order valence-corrected chi connectivity index (χ0v) is 12.8. The first-order valence-corrected chi connectivity index (χ1v) is 7.35. The Morgan fingerprint density at radius 1 is 1.30 bits per heavy atom. The van der Waals surface area contributed by atoms with Crippen LogP contribution in [0.2, 0.25) is 0 Å². The zero-order valence-electron chi connectivity index (χ0n) is 12.0. The van der Waals surface area contributed by atoms with Crippen molar-refractivity contribution >= 4 is 33.2 Å². The first-order valence-electron chi connectivity index (χ1n) is 6.53. The van der Waals surface area contributed by atoms with E-state index >= 15 is 0 Å². The predicted molar refractivity (Wildman–Crippen MR) is 83.6 cm³/mol. The number of anilines is 1. The number of amides is 1. The standard InChI is InChI=1S/C14H19N3O2S/c1-10(18)17(8-4-7-16(2)3)11-5-6-13-12(9-11)14(19)15-20-13/h5-6,9H,4,7-8H2,1-3H3,(H,15,19). The fourth-order valence-corrected chi connectivity index (χ4v) is 2.83. The molecule has 5 nitrogen and oxygen atoms in total. The molecule has 0 aliphatic rings. The Balaban J connectivity index is 2.24. The van der Waals surface area contributed by atoms with Crippen LogP contribution < -0.4 is 10.5 Å². The van der Waals surface area contributed by atoms with Crippen molar-refractivity contribution < 1.29 is 4.79 Å². The van der Waals surface area contributed by atoms with E-state index < -0.39 is 0 Å². The Hall–Kier alpha value is -1.66. The number of nitrogens with zero attached hydrogens (tertiary/aromatic N) is 2. The molecule has 0 aliphatic heterocycles. The minimum atomic E-state index is -0.0938. The molecule has 0 spiro atoms. The molecule has 0 fully saturated rings. The fraction of sp³-hybridized carbons (Fsp3) is 0.429. The van der Waals surface area contributed by atoms with E-state index in [-0.39, 0.29) is 11.5 Å². The number of aromatic nitrogens is 1. The van der Waals surface area contributed by atoms with Crippen LogP contribution in [0, 0.1) is 0 Å². The molecule has 1 amide bonds. The Kier molecular flexibility index (Phi) is 4.57.